The zero-order chi connectivity index (χ0) is 21.1. The molecule has 6 nitrogen and oxygen atoms in total. The Morgan fingerprint density at radius 2 is 1.85 bits per heavy atom. The van der Waals surface area contributed by atoms with Gasteiger partial charge in [0.05, 0.1) is 0 Å². The number of alkyl halides is 5. The highest BCUT2D eigenvalue weighted by Crippen LogP contribution is 2.54. The Labute approximate surface area is 153 Å². The van der Waals surface area contributed by atoms with Crippen LogP contribution in [0.2, 0.25) is 0 Å². The molecule has 0 aromatic rings. The van der Waals surface area contributed by atoms with Gasteiger partial charge in [0, 0.05) is 12.2 Å². The van der Waals surface area contributed by atoms with E-state index in [-0.39, 0.29) is 18.6 Å². The Morgan fingerprint density at radius 1 is 1.26 bits per heavy atom. The third-order valence-electron chi connectivity index (χ3n) is 3.90. The Morgan fingerprint density at radius 3 is 2.30 bits per heavy atom. The second-order valence-electron chi connectivity index (χ2n) is 6.09. The Kier molecular flexibility index (Phi) is 7.36. The second kappa shape index (κ2) is 8.38. The van der Waals surface area contributed by atoms with Gasteiger partial charge in [0.2, 0.25) is 0 Å². The van der Waals surface area contributed by atoms with Gasteiger partial charge in [-0.2, -0.15) is 22.0 Å². The molecule has 0 aromatic carbocycles. The Hall–Kier alpha value is -1.30. The zero-order valence-electron chi connectivity index (χ0n) is 15.5. The van der Waals surface area contributed by atoms with Crippen molar-refractivity contribution >= 4 is 5.97 Å². The topological polar surface area (TPSA) is 63.2 Å². The molecular formula is C16H23F5O6. The smallest absolute Gasteiger partial charge is 0.450 e. The first-order valence-corrected chi connectivity index (χ1v) is 8.12. The molecule has 27 heavy (non-hydrogen) atoms. The van der Waals surface area contributed by atoms with Crippen molar-refractivity contribution < 1.29 is 50.4 Å². The molecule has 0 amide bonds. The van der Waals surface area contributed by atoms with Crippen LogP contribution in [0.3, 0.4) is 0 Å². The molecule has 0 saturated carbocycles. The highest BCUT2D eigenvalue weighted by Gasteiger charge is 2.81. The van der Waals surface area contributed by atoms with Crippen molar-refractivity contribution in [3.8, 4) is 0 Å². The molecule has 3 atom stereocenters. The maximum atomic E-state index is 15.1. The number of halogens is 5. The van der Waals surface area contributed by atoms with E-state index in [4.69, 9.17) is 9.47 Å². The normalized spacial score (nSPS) is 29.2. The molecule has 0 bridgehead atoms. The molecule has 1 aliphatic heterocycles. The summed E-state index contributed by atoms with van der Waals surface area (Å²) in [6, 6.07) is 0. The van der Waals surface area contributed by atoms with Gasteiger partial charge in [0.15, 0.2) is 18.7 Å². The fourth-order valence-corrected chi connectivity index (χ4v) is 2.27. The summed E-state index contributed by atoms with van der Waals surface area (Å²) in [7, 11) is 0. The van der Waals surface area contributed by atoms with Gasteiger partial charge in [-0.25, -0.2) is 4.79 Å². The number of rotatable bonds is 8. The highest BCUT2D eigenvalue weighted by atomic mass is 19.4. The largest absolute Gasteiger partial charge is 0.459 e. The molecule has 1 saturated heterocycles. The second-order valence-corrected chi connectivity index (χ2v) is 6.09. The Balaban J connectivity index is 3.30. The van der Waals surface area contributed by atoms with E-state index >= 15 is 8.78 Å². The first-order chi connectivity index (χ1) is 12.3. The van der Waals surface area contributed by atoms with Crippen molar-refractivity contribution in [3.05, 3.63) is 12.2 Å². The molecule has 3 unspecified atom stereocenters. The fourth-order valence-electron chi connectivity index (χ4n) is 2.27. The van der Waals surface area contributed by atoms with Gasteiger partial charge in [0.1, 0.15) is 6.61 Å². The van der Waals surface area contributed by atoms with Crippen molar-refractivity contribution in [2.24, 2.45) is 0 Å². The summed E-state index contributed by atoms with van der Waals surface area (Å²) in [6.45, 7) is 5.65. The third kappa shape index (κ3) is 4.41. The predicted molar refractivity (Wildman–Crippen MR) is 81.7 cm³/mol. The van der Waals surface area contributed by atoms with E-state index in [2.05, 4.69) is 20.8 Å². The molecule has 1 fully saturated rings. The highest BCUT2D eigenvalue weighted by molar-refractivity contribution is 5.86. The molecular weight excluding hydrogens is 383 g/mol. The maximum Gasteiger partial charge on any atom is 0.450 e. The van der Waals surface area contributed by atoms with Crippen LogP contribution in [-0.2, 0) is 28.5 Å². The lowest BCUT2D eigenvalue weighted by atomic mass is 9.89. The summed E-state index contributed by atoms with van der Waals surface area (Å²) in [4.78, 5) is 11.5. The number of hydrogen-bond acceptors (Lipinski definition) is 6. The lowest BCUT2D eigenvalue weighted by Crippen LogP contribution is -2.75. The summed E-state index contributed by atoms with van der Waals surface area (Å²) in [5.41, 5.74) is -2.99. The minimum atomic E-state index is -5.65. The predicted octanol–water partition coefficient (Wildman–Crippen LogP) is 3.55. The average Bonchev–Trinajstić information content (AvgIpc) is 2.55. The van der Waals surface area contributed by atoms with Crippen molar-refractivity contribution in [2.75, 3.05) is 20.0 Å². The van der Waals surface area contributed by atoms with Crippen LogP contribution in [0.15, 0.2) is 12.2 Å². The van der Waals surface area contributed by atoms with Crippen LogP contribution in [-0.4, -0.2) is 55.8 Å². The van der Waals surface area contributed by atoms with Gasteiger partial charge in [0.25, 0.3) is 0 Å². The van der Waals surface area contributed by atoms with Crippen LogP contribution in [0.25, 0.3) is 0 Å². The van der Waals surface area contributed by atoms with Crippen molar-refractivity contribution in [1.29, 1.82) is 0 Å². The maximum absolute atomic E-state index is 15.1. The monoisotopic (exact) mass is 406 g/mol. The zero-order valence-corrected chi connectivity index (χ0v) is 15.5. The molecule has 0 aromatic heterocycles. The van der Waals surface area contributed by atoms with Crippen LogP contribution in [0, 0.1) is 0 Å². The summed E-state index contributed by atoms with van der Waals surface area (Å²) in [6.07, 6.45) is -7.40. The van der Waals surface area contributed by atoms with E-state index in [1.807, 2.05) is 0 Å². The number of ether oxygens (including phenoxy) is 5. The summed E-state index contributed by atoms with van der Waals surface area (Å²) >= 11 is 0. The van der Waals surface area contributed by atoms with E-state index in [1.165, 1.54) is 20.8 Å². The third-order valence-corrected chi connectivity index (χ3v) is 3.90. The van der Waals surface area contributed by atoms with Crippen LogP contribution in [0.4, 0.5) is 22.0 Å². The molecule has 0 radical (unpaired) electrons. The standard InChI is InChI=1S/C16H23F5O6/c1-6-11(23-7-2)27-15(16(19,20)21)14(17,18)13(5,25-9-26-15)8-24-12(22)10(3)4/h11H,3,6-9H2,1-2,4-5H3. The molecule has 1 aliphatic rings. The van der Waals surface area contributed by atoms with E-state index in [0.717, 1.165) is 0 Å². The Bertz CT molecular complexity index is 552. The number of carbonyl (C=O) groups excluding carboxylic acids is 1. The van der Waals surface area contributed by atoms with Gasteiger partial charge in [-0.3, -0.25) is 0 Å². The van der Waals surface area contributed by atoms with Crippen LogP contribution < -0.4 is 0 Å². The van der Waals surface area contributed by atoms with Gasteiger partial charge < -0.3 is 23.7 Å². The number of hydrogen-bond donors (Lipinski definition) is 0. The van der Waals surface area contributed by atoms with Crippen molar-refractivity contribution in [3.63, 3.8) is 0 Å². The average molecular weight is 406 g/mol. The van der Waals surface area contributed by atoms with Crippen molar-refractivity contribution in [2.45, 2.75) is 63.9 Å². The van der Waals surface area contributed by atoms with Crippen LogP contribution >= 0.6 is 0 Å². The molecule has 1 rings (SSSR count). The van der Waals surface area contributed by atoms with E-state index < -0.39 is 49.1 Å². The first kappa shape index (κ1) is 23.7. The first-order valence-electron chi connectivity index (χ1n) is 8.12. The van der Waals surface area contributed by atoms with Gasteiger partial charge in [-0.05, 0) is 27.2 Å². The lowest BCUT2D eigenvalue weighted by Gasteiger charge is -2.51. The van der Waals surface area contributed by atoms with Crippen LogP contribution in [0.5, 0.6) is 0 Å². The minimum Gasteiger partial charge on any atom is -0.459 e. The summed E-state index contributed by atoms with van der Waals surface area (Å²) in [5.74, 6) is -10.2. The molecule has 0 spiro atoms. The fraction of sp³-hybridized carbons (Fsp3) is 0.812. The molecule has 0 aliphatic carbocycles. The van der Waals surface area contributed by atoms with Crippen molar-refractivity contribution in [1.82, 2.24) is 0 Å². The van der Waals surface area contributed by atoms with Gasteiger partial charge >= 0.3 is 23.9 Å². The molecule has 0 N–H and O–H groups in total. The van der Waals surface area contributed by atoms with E-state index in [0.29, 0.717) is 6.92 Å². The van der Waals surface area contributed by atoms with E-state index in [9.17, 15) is 18.0 Å². The van der Waals surface area contributed by atoms with Gasteiger partial charge in [-0.1, -0.05) is 13.5 Å². The number of carbonyl (C=O) groups is 1. The summed E-state index contributed by atoms with van der Waals surface area (Å²) < 4.78 is 94.6. The molecule has 158 valence electrons. The van der Waals surface area contributed by atoms with Gasteiger partial charge in [-0.15, -0.1) is 0 Å². The van der Waals surface area contributed by atoms with E-state index in [1.54, 1.807) is 0 Å². The SMILES string of the molecule is C=C(C)C(=O)OCC1(C)OCOC(OC(CC)OCC)(C(F)(F)F)C1(F)F. The lowest BCUT2D eigenvalue weighted by molar-refractivity contribution is -0.526. The molecule has 11 heteroatoms. The number of esters is 1. The minimum absolute atomic E-state index is 0.0675. The molecule has 1 heterocycles. The van der Waals surface area contributed by atoms with Crippen LogP contribution in [0.1, 0.15) is 34.1 Å². The quantitative estimate of drug-likeness (QED) is 0.266. The summed E-state index contributed by atoms with van der Waals surface area (Å²) in [5, 5.41) is 0.